The van der Waals surface area contributed by atoms with E-state index in [2.05, 4.69) is 24.0 Å². The van der Waals surface area contributed by atoms with E-state index in [1.54, 1.807) is 66.9 Å². The van der Waals surface area contributed by atoms with Crippen LogP contribution in [0.25, 0.3) is 11.3 Å². The first-order chi connectivity index (χ1) is 21.3. The van der Waals surface area contributed by atoms with Crippen LogP contribution in [0.1, 0.15) is 44.5 Å². The number of carbonyl (C=O) groups excluding carboxylic acids is 2. The molecule has 0 radical (unpaired) electrons. The van der Waals surface area contributed by atoms with Crippen molar-refractivity contribution >= 4 is 23.2 Å². The Hall–Kier alpha value is -5.37. The molecule has 6 rings (SSSR count). The zero-order valence-corrected chi connectivity index (χ0v) is 25.2. The van der Waals surface area contributed by atoms with E-state index in [4.69, 9.17) is 4.74 Å². The van der Waals surface area contributed by atoms with Gasteiger partial charge in [0.15, 0.2) is 0 Å². The first-order valence-electron chi connectivity index (χ1n) is 14.5. The molecule has 1 atom stereocenters. The number of anilines is 2. The number of pyridine rings is 1. The van der Waals surface area contributed by atoms with E-state index in [1.165, 1.54) is 5.56 Å². The maximum Gasteiger partial charge on any atom is 0.264 e. The van der Waals surface area contributed by atoms with Gasteiger partial charge in [0.2, 0.25) is 0 Å². The molecule has 8 heteroatoms. The number of fused-ring (bicyclic) bond motifs is 1. The highest BCUT2D eigenvalue weighted by Crippen LogP contribution is 2.36. The number of phenols is 1. The number of ether oxygens (including phenoxy) is 1. The summed E-state index contributed by atoms with van der Waals surface area (Å²) in [4.78, 5) is 36.2. The van der Waals surface area contributed by atoms with Gasteiger partial charge in [-0.1, -0.05) is 24.3 Å². The predicted octanol–water partition coefficient (Wildman–Crippen LogP) is 6.68. The van der Waals surface area contributed by atoms with Gasteiger partial charge in [-0.15, -0.1) is 0 Å². The molecule has 1 aliphatic heterocycles. The van der Waals surface area contributed by atoms with Crippen LogP contribution in [0.2, 0.25) is 0 Å². The van der Waals surface area contributed by atoms with Gasteiger partial charge in [-0.3, -0.25) is 19.5 Å². The lowest BCUT2D eigenvalue weighted by atomic mass is 9.93. The van der Waals surface area contributed by atoms with Gasteiger partial charge >= 0.3 is 0 Å². The number of phenolic OH excluding ortho intramolecular Hbond substituents is 1. The van der Waals surface area contributed by atoms with Gasteiger partial charge in [0.05, 0.1) is 18.4 Å². The van der Waals surface area contributed by atoms with Crippen molar-refractivity contribution in [3.8, 4) is 22.8 Å². The maximum absolute atomic E-state index is 14.3. The van der Waals surface area contributed by atoms with Crippen molar-refractivity contribution in [3.05, 3.63) is 125 Å². The molecule has 0 fully saturated rings. The number of nitrogens with zero attached hydrogens (tertiary/aromatic N) is 4. The molecule has 44 heavy (non-hydrogen) atoms. The van der Waals surface area contributed by atoms with Crippen LogP contribution >= 0.6 is 0 Å². The summed E-state index contributed by atoms with van der Waals surface area (Å²) >= 11 is 0. The number of amides is 2. The Morgan fingerprint density at radius 2 is 1.59 bits per heavy atom. The van der Waals surface area contributed by atoms with Crippen LogP contribution < -0.4 is 9.64 Å². The minimum atomic E-state index is -0.252. The third-order valence-electron chi connectivity index (χ3n) is 8.50. The molecule has 8 nitrogen and oxygen atoms in total. The number of carbonyl (C=O) groups is 2. The summed E-state index contributed by atoms with van der Waals surface area (Å²) in [5.74, 6) is 0.399. The molecule has 222 valence electrons. The van der Waals surface area contributed by atoms with Crippen LogP contribution in [0.3, 0.4) is 0 Å². The van der Waals surface area contributed by atoms with Crippen LogP contribution in [0.15, 0.2) is 97.3 Å². The molecule has 0 aliphatic carbocycles. The number of aromatic hydroxyl groups is 1. The number of benzene rings is 3. The van der Waals surface area contributed by atoms with E-state index in [0.717, 1.165) is 23.4 Å². The van der Waals surface area contributed by atoms with Gasteiger partial charge in [-0.25, -0.2) is 0 Å². The largest absolute Gasteiger partial charge is 0.508 e. The van der Waals surface area contributed by atoms with Gasteiger partial charge in [0, 0.05) is 60.2 Å². The lowest BCUT2D eigenvalue weighted by Crippen LogP contribution is -2.42. The number of hydrogen-bond donors (Lipinski definition) is 1. The summed E-state index contributed by atoms with van der Waals surface area (Å²) in [5.41, 5.74) is 6.83. The lowest BCUT2D eigenvalue weighted by Gasteiger charge is -2.35. The fourth-order valence-electron chi connectivity index (χ4n) is 5.93. The standard InChI is InChI=1S/C36H34N4O4/c1-23-19-25-7-5-6-8-26(25)22-39(23)35(42)31-14-13-30(44-4)20-33(31)34-21-32(24(2)38(34)3)36(43)40(28-15-17-37-18-16-28)27-9-11-29(41)12-10-27/h5-18,20-21,23,41H,19,22H2,1-4H3/t23-/m1/s1. The smallest absolute Gasteiger partial charge is 0.264 e. The molecule has 1 aliphatic rings. The summed E-state index contributed by atoms with van der Waals surface area (Å²) in [6, 6.07) is 25.6. The quantitative estimate of drug-likeness (QED) is 0.240. The van der Waals surface area contributed by atoms with Gasteiger partial charge in [-0.2, -0.15) is 0 Å². The van der Waals surface area contributed by atoms with Gasteiger partial charge in [0.25, 0.3) is 11.8 Å². The fourth-order valence-corrected chi connectivity index (χ4v) is 5.93. The molecule has 3 heterocycles. The fraction of sp³-hybridized carbons (Fsp3) is 0.194. The first kappa shape index (κ1) is 28.7. The number of hydrogen-bond acceptors (Lipinski definition) is 5. The molecule has 5 aromatic rings. The third-order valence-corrected chi connectivity index (χ3v) is 8.50. The molecule has 2 amide bonds. The van der Waals surface area contributed by atoms with Crippen LogP contribution in [0.4, 0.5) is 11.4 Å². The van der Waals surface area contributed by atoms with Gasteiger partial charge in [0.1, 0.15) is 11.5 Å². The second-order valence-corrected chi connectivity index (χ2v) is 11.1. The molecule has 0 unspecified atom stereocenters. The van der Waals surface area contributed by atoms with Gasteiger partial charge in [-0.05, 0) is 92.1 Å². The topological polar surface area (TPSA) is 87.9 Å². The molecular formula is C36H34N4O4. The van der Waals surface area contributed by atoms with Crippen molar-refractivity contribution < 1.29 is 19.4 Å². The summed E-state index contributed by atoms with van der Waals surface area (Å²) in [5, 5.41) is 9.89. The zero-order valence-electron chi connectivity index (χ0n) is 25.2. The summed E-state index contributed by atoms with van der Waals surface area (Å²) in [6.07, 6.45) is 4.05. The Morgan fingerprint density at radius 1 is 0.909 bits per heavy atom. The molecule has 3 aromatic carbocycles. The Balaban J connectivity index is 1.43. The van der Waals surface area contributed by atoms with Crippen molar-refractivity contribution in [2.75, 3.05) is 12.0 Å². The van der Waals surface area contributed by atoms with E-state index in [-0.39, 0.29) is 23.6 Å². The monoisotopic (exact) mass is 586 g/mol. The molecule has 2 aromatic heterocycles. The van der Waals surface area contributed by atoms with Crippen molar-refractivity contribution in [2.45, 2.75) is 32.9 Å². The van der Waals surface area contributed by atoms with Gasteiger partial charge < -0.3 is 19.3 Å². The lowest BCUT2D eigenvalue weighted by molar-refractivity contribution is 0.0659. The Morgan fingerprint density at radius 3 is 2.30 bits per heavy atom. The molecular weight excluding hydrogens is 552 g/mol. The van der Waals surface area contributed by atoms with E-state index < -0.39 is 0 Å². The van der Waals surface area contributed by atoms with Crippen molar-refractivity contribution in [3.63, 3.8) is 0 Å². The number of aromatic nitrogens is 2. The third kappa shape index (κ3) is 5.19. The minimum Gasteiger partial charge on any atom is -0.508 e. The van der Waals surface area contributed by atoms with E-state index in [1.807, 2.05) is 53.8 Å². The van der Waals surface area contributed by atoms with Crippen molar-refractivity contribution in [2.24, 2.45) is 7.05 Å². The summed E-state index contributed by atoms with van der Waals surface area (Å²) in [6.45, 7) is 4.51. The van der Waals surface area contributed by atoms with E-state index in [9.17, 15) is 14.7 Å². The second kappa shape index (κ2) is 11.7. The van der Waals surface area contributed by atoms with Crippen molar-refractivity contribution in [1.82, 2.24) is 14.5 Å². The summed E-state index contributed by atoms with van der Waals surface area (Å²) < 4.78 is 7.52. The zero-order chi connectivity index (χ0) is 31.0. The normalized spacial score (nSPS) is 14.2. The SMILES string of the molecule is COc1ccc(C(=O)N2Cc3ccccc3C[C@H]2C)c(-c2cc(C(=O)N(c3ccncc3)c3ccc(O)cc3)c(C)n2C)c1. The second-order valence-electron chi connectivity index (χ2n) is 11.1. The Bertz CT molecular complexity index is 1850. The molecule has 0 saturated heterocycles. The Kier molecular flexibility index (Phi) is 7.66. The first-order valence-corrected chi connectivity index (χ1v) is 14.5. The van der Waals surface area contributed by atoms with E-state index >= 15 is 0 Å². The average Bonchev–Trinajstić information content (AvgIpc) is 3.35. The number of rotatable bonds is 6. The average molecular weight is 587 g/mol. The summed E-state index contributed by atoms with van der Waals surface area (Å²) in [7, 11) is 3.49. The Labute approximate surface area is 256 Å². The number of methoxy groups -OCH3 is 1. The minimum absolute atomic E-state index is 0.0267. The molecule has 1 N–H and O–H groups in total. The van der Waals surface area contributed by atoms with Crippen LogP contribution in [-0.4, -0.2) is 44.5 Å². The maximum atomic E-state index is 14.3. The highest BCUT2D eigenvalue weighted by atomic mass is 16.5. The molecule has 0 bridgehead atoms. The molecule has 0 saturated carbocycles. The molecule has 0 spiro atoms. The van der Waals surface area contributed by atoms with Crippen LogP contribution in [0.5, 0.6) is 11.5 Å². The highest BCUT2D eigenvalue weighted by Gasteiger charge is 2.31. The van der Waals surface area contributed by atoms with E-state index in [0.29, 0.717) is 40.4 Å². The van der Waals surface area contributed by atoms with Crippen LogP contribution in [-0.2, 0) is 20.0 Å². The van der Waals surface area contributed by atoms with Crippen LogP contribution in [0, 0.1) is 6.92 Å². The van der Waals surface area contributed by atoms with Crippen molar-refractivity contribution in [1.29, 1.82) is 0 Å². The predicted molar refractivity (Wildman–Crippen MR) is 170 cm³/mol. The highest BCUT2D eigenvalue weighted by molar-refractivity contribution is 6.12.